The summed E-state index contributed by atoms with van der Waals surface area (Å²) in [5, 5.41) is 19.4. The normalized spacial score (nSPS) is 16.3. The van der Waals surface area contributed by atoms with Gasteiger partial charge in [-0.1, -0.05) is 6.92 Å². The van der Waals surface area contributed by atoms with Gasteiger partial charge in [0.2, 0.25) is 5.91 Å². The minimum atomic E-state index is -0.509. The van der Waals surface area contributed by atoms with Gasteiger partial charge in [-0.05, 0) is 20.3 Å². The third-order valence-corrected chi connectivity index (χ3v) is 5.24. The monoisotopic (exact) mass is 389 g/mol. The van der Waals surface area contributed by atoms with Crippen molar-refractivity contribution in [1.82, 2.24) is 29.4 Å². The quantitative estimate of drug-likeness (QED) is 0.527. The van der Waals surface area contributed by atoms with Gasteiger partial charge in [0.25, 0.3) is 0 Å². The van der Waals surface area contributed by atoms with Crippen molar-refractivity contribution in [2.75, 3.05) is 26.2 Å². The number of nitrogens with zero attached hydrogens (tertiary/aromatic N) is 7. The summed E-state index contributed by atoms with van der Waals surface area (Å²) in [6.45, 7) is 10.5. The van der Waals surface area contributed by atoms with Crippen LogP contribution in [0, 0.1) is 17.0 Å². The minimum Gasteiger partial charge on any atom is -0.338 e. The number of carbonyl (C=O) groups is 1. The summed E-state index contributed by atoms with van der Waals surface area (Å²) in [6.07, 6.45) is 5.14. The molecule has 0 aliphatic carbocycles. The number of rotatable bonds is 7. The molecule has 1 saturated heterocycles. The maximum absolute atomic E-state index is 12.9. The van der Waals surface area contributed by atoms with Crippen LogP contribution < -0.4 is 0 Å². The van der Waals surface area contributed by atoms with Crippen molar-refractivity contribution in [3.63, 3.8) is 0 Å². The maximum atomic E-state index is 12.9. The second-order valence-corrected chi connectivity index (χ2v) is 7.06. The van der Waals surface area contributed by atoms with Gasteiger partial charge in [0.15, 0.2) is 0 Å². The highest BCUT2D eigenvalue weighted by Crippen LogP contribution is 2.20. The molecule has 1 unspecified atom stereocenters. The van der Waals surface area contributed by atoms with E-state index in [1.165, 1.54) is 22.6 Å². The highest BCUT2D eigenvalue weighted by atomic mass is 16.6. The molecule has 1 aliphatic heterocycles. The number of aryl methyl sites for hydroxylation is 2. The molecule has 2 aromatic heterocycles. The fourth-order valence-electron chi connectivity index (χ4n) is 3.52. The molecule has 10 nitrogen and oxygen atoms in total. The molecule has 3 heterocycles. The van der Waals surface area contributed by atoms with E-state index >= 15 is 0 Å². The zero-order valence-corrected chi connectivity index (χ0v) is 16.6. The van der Waals surface area contributed by atoms with E-state index in [0.717, 1.165) is 31.9 Å². The predicted molar refractivity (Wildman–Crippen MR) is 103 cm³/mol. The average Bonchev–Trinajstić information content (AvgIpc) is 3.30. The standard InChI is InChI=1S/C18H27N7O3/c1-4-17(24-13-16(10-19-24)25(27)28)18(26)22-8-6-21(7-9-22)11-15-12-23(5-2)20-14(15)3/h10,12-13,17H,4-9,11H2,1-3H3. The van der Waals surface area contributed by atoms with E-state index in [0.29, 0.717) is 19.5 Å². The van der Waals surface area contributed by atoms with Crippen LogP contribution in [0.5, 0.6) is 0 Å². The van der Waals surface area contributed by atoms with E-state index in [4.69, 9.17) is 0 Å². The zero-order valence-electron chi connectivity index (χ0n) is 16.6. The number of aromatic nitrogens is 4. The first-order valence-electron chi connectivity index (χ1n) is 9.65. The van der Waals surface area contributed by atoms with Gasteiger partial charge in [0, 0.05) is 51.0 Å². The molecule has 152 valence electrons. The van der Waals surface area contributed by atoms with E-state index < -0.39 is 11.0 Å². The molecule has 2 aromatic rings. The molecule has 0 spiro atoms. The van der Waals surface area contributed by atoms with Crippen LogP contribution in [0.2, 0.25) is 0 Å². The van der Waals surface area contributed by atoms with Crippen LogP contribution in [0.3, 0.4) is 0 Å². The van der Waals surface area contributed by atoms with Gasteiger partial charge in [0.1, 0.15) is 18.4 Å². The number of hydrogen-bond donors (Lipinski definition) is 0. The lowest BCUT2D eigenvalue weighted by atomic mass is 10.1. The molecular formula is C18H27N7O3. The van der Waals surface area contributed by atoms with Crippen LogP contribution in [0.4, 0.5) is 5.69 Å². The number of piperazine rings is 1. The van der Waals surface area contributed by atoms with Gasteiger partial charge in [-0.3, -0.25) is 29.2 Å². The maximum Gasteiger partial charge on any atom is 0.307 e. The molecule has 0 bridgehead atoms. The molecule has 3 rings (SSSR count). The van der Waals surface area contributed by atoms with Crippen molar-refractivity contribution >= 4 is 11.6 Å². The summed E-state index contributed by atoms with van der Waals surface area (Å²) < 4.78 is 3.36. The third-order valence-electron chi connectivity index (χ3n) is 5.24. The molecule has 1 atom stereocenters. The Labute approximate surface area is 163 Å². The van der Waals surface area contributed by atoms with Gasteiger partial charge in [0.05, 0.1) is 10.6 Å². The molecular weight excluding hydrogens is 362 g/mol. The smallest absolute Gasteiger partial charge is 0.307 e. The van der Waals surface area contributed by atoms with Crippen molar-refractivity contribution in [3.8, 4) is 0 Å². The van der Waals surface area contributed by atoms with Gasteiger partial charge >= 0.3 is 5.69 Å². The third kappa shape index (κ3) is 4.22. The van der Waals surface area contributed by atoms with E-state index in [-0.39, 0.29) is 11.6 Å². The van der Waals surface area contributed by atoms with Crippen molar-refractivity contribution in [2.24, 2.45) is 0 Å². The van der Waals surface area contributed by atoms with Gasteiger partial charge in [-0.15, -0.1) is 0 Å². The van der Waals surface area contributed by atoms with Crippen molar-refractivity contribution in [1.29, 1.82) is 0 Å². The summed E-state index contributed by atoms with van der Waals surface area (Å²) >= 11 is 0. The lowest BCUT2D eigenvalue weighted by Gasteiger charge is -2.36. The minimum absolute atomic E-state index is 0.0323. The number of nitro groups is 1. The van der Waals surface area contributed by atoms with Crippen LogP contribution >= 0.6 is 0 Å². The number of hydrogen-bond acceptors (Lipinski definition) is 6. The van der Waals surface area contributed by atoms with Crippen LogP contribution in [0.25, 0.3) is 0 Å². The Balaban J connectivity index is 1.58. The highest BCUT2D eigenvalue weighted by molar-refractivity contribution is 5.80. The first-order chi connectivity index (χ1) is 13.4. The first-order valence-corrected chi connectivity index (χ1v) is 9.65. The topological polar surface area (TPSA) is 102 Å². The molecule has 0 aromatic carbocycles. The van der Waals surface area contributed by atoms with Crippen LogP contribution in [0.1, 0.15) is 37.6 Å². The lowest BCUT2D eigenvalue weighted by Crippen LogP contribution is -2.50. The van der Waals surface area contributed by atoms with E-state index in [9.17, 15) is 14.9 Å². The van der Waals surface area contributed by atoms with Crippen LogP contribution in [-0.4, -0.2) is 66.4 Å². The van der Waals surface area contributed by atoms with Crippen LogP contribution in [-0.2, 0) is 17.9 Å². The Hall–Kier alpha value is -2.75. The second-order valence-electron chi connectivity index (χ2n) is 7.06. The first kappa shape index (κ1) is 20.0. The van der Waals surface area contributed by atoms with Crippen LogP contribution in [0.15, 0.2) is 18.6 Å². The van der Waals surface area contributed by atoms with E-state index in [1.54, 1.807) is 0 Å². The molecule has 1 amide bonds. The summed E-state index contributed by atoms with van der Waals surface area (Å²) in [5.41, 5.74) is 2.17. The number of carbonyl (C=O) groups excluding carboxylic acids is 1. The van der Waals surface area contributed by atoms with Crippen molar-refractivity contribution in [3.05, 3.63) is 40.0 Å². The Bertz CT molecular complexity index is 836. The molecule has 1 fully saturated rings. The van der Waals surface area contributed by atoms with Gasteiger partial charge in [-0.25, -0.2) is 0 Å². The average molecular weight is 389 g/mol. The molecule has 0 saturated carbocycles. The lowest BCUT2D eigenvalue weighted by molar-refractivity contribution is -0.385. The van der Waals surface area contributed by atoms with E-state index in [1.807, 2.05) is 23.4 Å². The fraction of sp³-hybridized carbons (Fsp3) is 0.611. The van der Waals surface area contributed by atoms with Gasteiger partial charge in [-0.2, -0.15) is 10.2 Å². The zero-order chi connectivity index (χ0) is 20.3. The predicted octanol–water partition coefficient (Wildman–Crippen LogP) is 1.61. The highest BCUT2D eigenvalue weighted by Gasteiger charge is 2.29. The Morgan fingerprint density at radius 1 is 1.25 bits per heavy atom. The largest absolute Gasteiger partial charge is 0.338 e. The van der Waals surface area contributed by atoms with Gasteiger partial charge < -0.3 is 4.90 Å². The van der Waals surface area contributed by atoms with Crippen molar-refractivity contribution < 1.29 is 9.72 Å². The molecule has 28 heavy (non-hydrogen) atoms. The summed E-state index contributed by atoms with van der Waals surface area (Å²) in [6, 6.07) is -0.509. The summed E-state index contributed by atoms with van der Waals surface area (Å²) in [7, 11) is 0. The Kier molecular flexibility index (Phi) is 6.08. The Morgan fingerprint density at radius 3 is 2.50 bits per heavy atom. The molecule has 0 radical (unpaired) electrons. The SMILES string of the molecule is CCC(C(=O)N1CCN(Cc2cn(CC)nc2C)CC1)n1cc([N+](=O)[O-])cn1. The molecule has 0 N–H and O–H groups in total. The second kappa shape index (κ2) is 8.51. The summed E-state index contributed by atoms with van der Waals surface area (Å²) in [5.74, 6) is -0.0323. The van der Waals surface area contributed by atoms with E-state index in [2.05, 4.69) is 28.2 Å². The fourth-order valence-corrected chi connectivity index (χ4v) is 3.52. The summed E-state index contributed by atoms with van der Waals surface area (Å²) in [4.78, 5) is 27.5. The molecule has 10 heteroatoms. The Morgan fingerprint density at radius 2 is 1.96 bits per heavy atom. The number of amides is 1. The van der Waals surface area contributed by atoms with Crippen molar-refractivity contribution in [2.45, 2.75) is 46.3 Å². The molecule has 1 aliphatic rings.